The highest BCUT2D eigenvalue weighted by atomic mass is 19.2. The van der Waals surface area contributed by atoms with Crippen molar-refractivity contribution in [3.8, 4) is 11.6 Å². The van der Waals surface area contributed by atoms with Gasteiger partial charge in [0.25, 0.3) is 0 Å². The van der Waals surface area contributed by atoms with Crippen LogP contribution < -0.4 is 10.1 Å². The predicted octanol–water partition coefficient (Wildman–Crippen LogP) is 5.69. The summed E-state index contributed by atoms with van der Waals surface area (Å²) in [6, 6.07) is 15.5. The van der Waals surface area contributed by atoms with Crippen LogP contribution in [0.4, 0.5) is 14.7 Å². The van der Waals surface area contributed by atoms with Gasteiger partial charge in [0.2, 0.25) is 11.8 Å². The zero-order valence-electron chi connectivity index (χ0n) is 15.3. The molecule has 4 nitrogen and oxygen atoms in total. The number of benzene rings is 2. The number of anilines is 1. The third-order valence-electron chi connectivity index (χ3n) is 5.02. The van der Waals surface area contributed by atoms with E-state index in [1.165, 1.54) is 12.1 Å². The lowest BCUT2D eigenvalue weighted by atomic mass is 9.81. The number of para-hydroxylation sites is 1. The van der Waals surface area contributed by atoms with Gasteiger partial charge in [-0.25, -0.2) is 13.8 Å². The summed E-state index contributed by atoms with van der Waals surface area (Å²) in [5.74, 6) is 0.272. The first-order chi connectivity index (χ1) is 13.7. The molecule has 4 rings (SSSR count). The van der Waals surface area contributed by atoms with Gasteiger partial charge < -0.3 is 10.1 Å². The van der Waals surface area contributed by atoms with E-state index in [1.54, 1.807) is 18.3 Å². The van der Waals surface area contributed by atoms with E-state index in [9.17, 15) is 8.78 Å². The average molecular weight is 381 g/mol. The maximum atomic E-state index is 13.6. The molecular formula is C22H21F2N3O. The highest BCUT2D eigenvalue weighted by Gasteiger charge is 2.24. The molecule has 1 heterocycles. The maximum absolute atomic E-state index is 13.6. The Morgan fingerprint density at radius 2 is 1.82 bits per heavy atom. The van der Waals surface area contributed by atoms with E-state index < -0.39 is 11.6 Å². The molecule has 1 aliphatic carbocycles. The molecule has 0 amide bonds. The Labute approximate surface area is 162 Å². The Balaban J connectivity index is 1.42. The fourth-order valence-corrected chi connectivity index (χ4v) is 3.65. The van der Waals surface area contributed by atoms with Crippen molar-refractivity contribution in [1.29, 1.82) is 0 Å². The molecule has 3 aromatic rings. The van der Waals surface area contributed by atoms with Crippen LogP contribution >= 0.6 is 0 Å². The van der Waals surface area contributed by atoms with Crippen molar-refractivity contribution in [3.63, 3.8) is 0 Å². The Hall–Kier alpha value is -3.02. The van der Waals surface area contributed by atoms with Crippen molar-refractivity contribution < 1.29 is 13.5 Å². The number of ether oxygens (including phenoxy) is 1. The second-order valence-electron chi connectivity index (χ2n) is 7.01. The lowest BCUT2D eigenvalue weighted by molar-refractivity contribution is 0.405. The van der Waals surface area contributed by atoms with Gasteiger partial charge in [0.05, 0.1) is 0 Å². The van der Waals surface area contributed by atoms with Crippen molar-refractivity contribution in [3.05, 3.63) is 78.0 Å². The van der Waals surface area contributed by atoms with E-state index in [0.717, 1.165) is 31.2 Å². The van der Waals surface area contributed by atoms with Crippen LogP contribution in [0.25, 0.3) is 0 Å². The molecule has 0 spiro atoms. The number of aromatic nitrogens is 2. The molecule has 1 aliphatic rings. The fourth-order valence-electron chi connectivity index (χ4n) is 3.65. The summed E-state index contributed by atoms with van der Waals surface area (Å²) in [6.07, 6.45) is 5.41. The largest absolute Gasteiger partial charge is 0.439 e. The molecule has 2 unspecified atom stereocenters. The molecule has 1 fully saturated rings. The summed E-state index contributed by atoms with van der Waals surface area (Å²) in [5, 5.41) is 3.36. The first kappa shape index (κ1) is 18.3. The quantitative estimate of drug-likeness (QED) is 0.617. The summed E-state index contributed by atoms with van der Waals surface area (Å²) < 4.78 is 32.5. The predicted molar refractivity (Wildman–Crippen MR) is 104 cm³/mol. The Morgan fingerprint density at radius 1 is 0.964 bits per heavy atom. The molecule has 2 atom stereocenters. The number of rotatable bonds is 5. The van der Waals surface area contributed by atoms with E-state index in [4.69, 9.17) is 4.74 Å². The van der Waals surface area contributed by atoms with E-state index in [1.807, 2.05) is 30.3 Å². The molecule has 28 heavy (non-hydrogen) atoms. The van der Waals surface area contributed by atoms with Gasteiger partial charge in [0.15, 0.2) is 11.6 Å². The van der Waals surface area contributed by atoms with Gasteiger partial charge in [-0.15, -0.1) is 0 Å². The summed E-state index contributed by atoms with van der Waals surface area (Å²) in [5.41, 5.74) is 0.840. The Morgan fingerprint density at radius 3 is 2.64 bits per heavy atom. The van der Waals surface area contributed by atoms with Crippen LogP contribution in [0.5, 0.6) is 11.6 Å². The molecule has 0 saturated heterocycles. The zero-order valence-corrected chi connectivity index (χ0v) is 15.3. The molecule has 2 aromatic carbocycles. The van der Waals surface area contributed by atoms with Crippen molar-refractivity contribution in [2.75, 3.05) is 5.32 Å². The molecule has 0 radical (unpaired) electrons. The lowest BCUT2D eigenvalue weighted by Gasteiger charge is -2.30. The number of hydrogen-bond acceptors (Lipinski definition) is 4. The normalized spacial score (nSPS) is 19.2. The monoisotopic (exact) mass is 381 g/mol. The highest BCUT2D eigenvalue weighted by molar-refractivity contribution is 5.33. The van der Waals surface area contributed by atoms with Crippen molar-refractivity contribution in [2.24, 2.45) is 0 Å². The maximum Gasteiger partial charge on any atom is 0.226 e. The third kappa shape index (κ3) is 4.44. The zero-order chi connectivity index (χ0) is 19.3. The van der Waals surface area contributed by atoms with Crippen LogP contribution in [0, 0.1) is 11.6 Å². The summed E-state index contributed by atoms with van der Waals surface area (Å²) >= 11 is 0. The second-order valence-corrected chi connectivity index (χ2v) is 7.01. The number of halogens is 2. The minimum Gasteiger partial charge on any atom is -0.439 e. The topological polar surface area (TPSA) is 47.0 Å². The van der Waals surface area contributed by atoms with Gasteiger partial charge in [-0.2, -0.15) is 4.98 Å². The van der Waals surface area contributed by atoms with Crippen LogP contribution in [-0.4, -0.2) is 16.0 Å². The minimum atomic E-state index is -0.808. The van der Waals surface area contributed by atoms with E-state index in [2.05, 4.69) is 15.3 Å². The minimum absolute atomic E-state index is 0.166. The standard InChI is InChI=1S/C22H21F2N3O/c23-19-10-9-16(14-20(19)24)15-5-4-6-17(13-15)26-22-25-12-11-21(27-22)28-18-7-2-1-3-8-18/h1-3,7-12,14-15,17H,4-6,13H2,(H,25,26,27). The van der Waals surface area contributed by atoms with Gasteiger partial charge in [-0.1, -0.05) is 30.7 Å². The Bertz CT molecular complexity index is 936. The van der Waals surface area contributed by atoms with Crippen LogP contribution in [0.15, 0.2) is 60.8 Å². The lowest BCUT2D eigenvalue weighted by Crippen LogP contribution is -2.27. The second kappa shape index (κ2) is 8.33. The van der Waals surface area contributed by atoms with Gasteiger partial charge in [-0.05, 0) is 55.0 Å². The van der Waals surface area contributed by atoms with Gasteiger partial charge in [-0.3, -0.25) is 0 Å². The molecule has 1 saturated carbocycles. The molecule has 0 bridgehead atoms. The van der Waals surface area contributed by atoms with Crippen molar-refractivity contribution >= 4 is 5.95 Å². The average Bonchev–Trinajstić information content (AvgIpc) is 2.71. The first-order valence-corrected chi connectivity index (χ1v) is 9.45. The van der Waals surface area contributed by atoms with Gasteiger partial charge in [0.1, 0.15) is 5.75 Å². The fraction of sp³-hybridized carbons (Fsp3) is 0.273. The van der Waals surface area contributed by atoms with Crippen LogP contribution in [0.2, 0.25) is 0 Å². The first-order valence-electron chi connectivity index (χ1n) is 9.45. The van der Waals surface area contributed by atoms with Crippen molar-refractivity contribution in [1.82, 2.24) is 9.97 Å². The smallest absolute Gasteiger partial charge is 0.226 e. The van der Waals surface area contributed by atoms with E-state index in [0.29, 0.717) is 17.6 Å². The number of nitrogens with one attached hydrogen (secondary N) is 1. The number of hydrogen-bond donors (Lipinski definition) is 1. The molecule has 144 valence electrons. The third-order valence-corrected chi connectivity index (χ3v) is 5.02. The van der Waals surface area contributed by atoms with Crippen molar-refractivity contribution in [2.45, 2.75) is 37.6 Å². The van der Waals surface area contributed by atoms with E-state index in [-0.39, 0.29) is 12.0 Å². The molecule has 6 heteroatoms. The Kier molecular flexibility index (Phi) is 5.46. The van der Waals surface area contributed by atoms with Crippen LogP contribution in [-0.2, 0) is 0 Å². The molecule has 1 aromatic heterocycles. The van der Waals surface area contributed by atoms with Gasteiger partial charge in [0, 0.05) is 18.3 Å². The summed E-state index contributed by atoms with van der Waals surface area (Å²) in [4.78, 5) is 8.72. The number of nitrogens with zero attached hydrogens (tertiary/aromatic N) is 2. The van der Waals surface area contributed by atoms with Crippen LogP contribution in [0.1, 0.15) is 37.2 Å². The molecule has 0 aliphatic heterocycles. The summed E-state index contributed by atoms with van der Waals surface area (Å²) in [6.45, 7) is 0. The molecule has 1 N–H and O–H groups in total. The van der Waals surface area contributed by atoms with E-state index >= 15 is 0 Å². The summed E-state index contributed by atoms with van der Waals surface area (Å²) in [7, 11) is 0. The van der Waals surface area contributed by atoms with Gasteiger partial charge >= 0.3 is 0 Å². The molecular weight excluding hydrogens is 360 g/mol. The van der Waals surface area contributed by atoms with Crippen LogP contribution in [0.3, 0.4) is 0 Å². The highest BCUT2D eigenvalue weighted by Crippen LogP contribution is 2.34. The SMILES string of the molecule is Fc1ccc(C2CCCC(Nc3nccc(Oc4ccccc4)n3)C2)cc1F.